The van der Waals surface area contributed by atoms with Crippen LogP contribution in [-0.4, -0.2) is 20.3 Å². The summed E-state index contributed by atoms with van der Waals surface area (Å²) < 4.78 is 16.8. The van der Waals surface area contributed by atoms with Crippen molar-refractivity contribution in [3.63, 3.8) is 0 Å². The Morgan fingerprint density at radius 2 is 1.19 bits per heavy atom. The highest BCUT2D eigenvalue weighted by Crippen LogP contribution is 2.24. The maximum Gasteiger partial charge on any atom is 0.119 e. The minimum absolute atomic E-state index is 0.762. The van der Waals surface area contributed by atoms with Crippen LogP contribution < -0.4 is 9.47 Å². The first-order chi connectivity index (χ1) is 15.8. The third kappa shape index (κ3) is 9.05. The minimum atomic E-state index is 0.762. The van der Waals surface area contributed by atoms with Gasteiger partial charge in [0, 0.05) is 6.61 Å². The zero-order chi connectivity index (χ0) is 22.3. The SMILES string of the molecule is COc1ccc(-c2ccc(OCCCCCCCCCCOCc3ccsc3)cc2)cc1. The van der Waals surface area contributed by atoms with E-state index in [1.54, 1.807) is 18.4 Å². The van der Waals surface area contributed by atoms with E-state index in [1.165, 1.54) is 61.6 Å². The Hall–Kier alpha value is -2.30. The number of hydrogen-bond acceptors (Lipinski definition) is 4. The fourth-order valence-corrected chi connectivity index (χ4v) is 4.30. The van der Waals surface area contributed by atoms with Gasteiger partial charge in [0.2, 0.25) is 0 Å². The number of hydrogen-bond donors (Lipinski definition) is 0. The molecule has 3 aromatic rings. The lowest BCUT2D eigenvalue weighted by Crippen LogP contribution is -1.97. The molecule has 3 nitrogen and oxygen atoms in total. The second-order valence-corrected chi connectivity index (χ2v) is 8.89. The highest BCUT2D eigenvalue weighted by atomic mass is 32.1. The van der Waals surface area contributed by atoms with E-state index in [4.69, 9.17) is 14.2 Å². The third-order valence-electron chi connectivity index (χ3n) is 5.58. The zero-order valence-electron chi connectivity index (χ0n) is 19.3. The molecule has 0 unspecified atom stereocenters. The average molecular weight is 453 g/mol. The summed E-state index contributed by atoms with van der Waals surface area (Å²) >= 11 is 1.73. The highest BCUT2D eigenvalue weighted by Gasteiger charge is 2.00. The minimum Gasteiger partial charge on any atom is -0.497 e. The summed E-state index contributed by atoms with van der Waals surface area (Å²) in [5, 5.41) is 4.26. The van der Waals surface area contributed by atoms with Gasteiger partial charge in [-0.2, -0.15) is 11.3 Å². The summed E-state index contributed by atoms with van der Waals surface area (Å²) in [5.41, 5.74) is 3.67. The molecule has 4 heteroatoms. The van der Waals surface area contributed by atoms with E-state index in [-0.39, 0.29) is 0 Å². The van der Waals surface area contributed by atoms with Gasteiger partial charge in [0.05, 0.1) is 20.3 Å². The van der Waals surface area contributed by atoms with Gasteiger partial charge in [-0.05, 0) is 70.6 Å². The van der Waals surface area contributed by atoms with Gasteiger partial charge in [-0.25, -0.2) is 0 Å². The molecule has 1 aromatic heterocycles. The first-order valence-corrected chi connectivity index (χ1v) is 12.8. The van der Waals surface area contributed by atoms with Gasteiger partial charge in [0.15, 0.2) is 0 Å². The Kier molecular flexibility index (Phi) is 11.2. The van der Waals surface area contributed by atoms with Gasteiger partial charge in [0.25, 0.3) is 0 Å². The van der Waals surface area contributed by atoms with Gasteiger partial charge in [-0.3, -0.25) is 0 Å². The Morgan fingerprint density at radius 1 is 0.625 bits per heavy atom. The van der Waals surface area contributed by atoms with E-state index in [1.807, 2.05) is 12.1 Å². The summed E-state index contributed by atoms with van der Waals surface area (Å²) in [6, 6.07) is 18.6. The van der Waals surface area contributed by atoms with E-state index in [0.29, 0.717) is 0 Å². The second kappa shape index (κ2) is 14.7. The van der Waals surface area contributed by atoms with Crippen LogP contribution in [0.15, 0.2) is 65.4 Å². The van der Waals surface area contributed by atoms with Crippen LogP contribution in [0.5, 0.6) is 11.5 Å². The van der Waals surface area contributed by atoms with Crippen molar-refractivity contribution in [3.8, 4) is 22.6 Å². The molecule has 0 N–H and O–H groups in total. The number of rotatable bonds is 16. The molecule has 0 radical (unpaired) electrons. The zero-order valence-corrected chi connectivity index (χ0v) is 20.1. The van der Waals surface area contributed by atoms with E-state index < -0.39 is 0 Å². The summed E-state index contributed by atoms with van der Waals surface area (Å²) in [7, 11) is 1.69. The number of methoxy groups -OCH3 is 1. The quantitative estimate of drug-likeness (QED) is 0.205. The van der Waals surface area contributed by atoms with Crippen molar-refractivity contribution < 1.29 is 14.2 Å². The molecule has 0 aliphatic rings. The lowest BCUT2D eigenvalue weighted by Gasteiger charge is -2.08. The lowest BCUT2D eigenvalue weighted by molar-refractivity contribution is 0.117. The van der Waals surface area contributed by atoms with Crippen LogP contribution in [-0.2, 0) is 11.3 Å². The molecule has 0 amide bonds. The molecule has 0 aliphatic carbocycles. The van der Waals surface area contributed by atoms with Gasteiger partial charge in [-0.1, -0.05) is 62.8 Å². The highest BCUT2D eigenvalue weighted by molar-refractivity contribution is 7.07. The number of unbranched alkanes of at least 4 members (excludes halogenated alkanes) is 7. The van der Waals surface area contributed by atoms with Crippen molar-refractivity contribution in [3.05, 3.63) is 70.9 Å². The standard InChI is InChI=1S/C28H36O3S/c1-29-27-14-10-25(11-15-27)26-12-16-28(17-13-26)31-20-9-7-5-3-2-4-6-8-19-30-22-24-18-21-32-23-24/h10-18,21,23H,2-9,19-20,22H2,1H3. The Labute approximate surface area is 197 Å². The lowest BCUT2D eigenvalue weighted by atomic mass is 10.1. The molecular weight excluding hydrogens is 416 g/mol. The van der Waals surface area contributed by atoms with Crippen LogP contribution >= 0.6 is 11.3 Å². The molecule has 0 fully saturated rings. The maximum absolute atomic E-state index is 5.91. The van der Waals surface area contributed by atoms with Gasteiger partial charge in [0.1, 0.15) is 11.5 Å². The third-order valence-corrected chi connectivity index (χ3v) is 6.31. The molecule has 3 rings (SSSR count). The van der Waals surface area contributed by atoms with Crippen LogP contribution in [0, 0.1) is 0 Å². The van der Waals surface area contributed by atoms with E-state index >= 15 is 0 Å². The largest absolute Gasteiger partial charge is 0.497 e. The number of ether oxygens (including phenoxy) is 3. The van der Waals surface area contributed by atoms with Crippen LogP contribution in [0.25, 0.3) is 11.1 Å². The predicted molar refractivity (Wildman–Crippen MR) is 135 cm³/mol. The first kappa shape index (κ1) is 24.3. The first-order valence-electron chi connectivity index (χ1n) is 11.8. The van der Waals surface area contributed by atoms with Crippen molar-refractivity contribution in [1.29, 1.82) is 0 Å². The fraction of sp³-hybridized carbons (Fsp3) is 0.429. The fourth-order valence-electron chi connectivity index (χ4n) is 3.65. The molecule has 0 saturated carbocycles. The van der Waals surface area contributed by atoms with Crippen molar-refractivity contribution in [2.24, 2.45) is 0 Å². The molecule has 0 spiro atoms. The van der Waals surface area contributed by atoms with Gasteiger partial charge >= 0.3 is 0 Å². The van der Waals surface area contributed by atoms with Crippen molar-refractivity contribution >= 4 is 11.3 Å². The molecule has 0 atom stereocenters. The van der Waals surface area contributed by atoms with Gasteiger partial charge in [-0.15, -0.1) is 0 Å². The molecule has 32 heavy (non-hydrogen) atoms. The molecule has 0 bridgehead atoms. The normalized spacial score (nSPS) is 10.9. The second-order valence-electron chi connectivity index (χ2n) is 8.11. The summed E-state index contributed by atoms with van der Waals surface area (Å²) in [6.07, 6.45) is 10.1. The predicted octanol–water partition coefficient (Wildman–Crippen LogP) is 8.14. The Balaban J connectivity index is 1.15. The summed E-state index contributed by atoms with van der Waals surface area (Å²) in [6.45, 7) is 2.44. The van der Waals surface area contributed by atoms with Crippen LogP contribution in [0.2, 0.25) is 0 Å². The molecule has 0 saturated heterocycles. The monoisotopic (exact) mass is 452 g/mol. The number of thiophene rings is 1. The molecule has 172 valence electrons. The van der Waals surface area contributed by atoms with E-state index in [2.05, 4.69) is 53.2 Å². The summed E-state index contributed by atoms with van der Waals surface area (Å²) in [4.78, 5) is 0. The van der Waals surface area contributed by atoms with Crippen molar-refractivity contribution in [2.75, 3.05) is 20.3 Å². The van der Waals surface area contributed by atoms with E-state index in [0.717, 1.165) is 37.7 Å². The maximum atomic E-state index is 5.91. The smallest absolute Gasteiger partial charge is 0.119 e. The van der Waals surface area contributed by atoms with Crippen LogP contribution in [0.4, 0.5) is 0 Å². The van der Waals surface area contributed by atoms with Crippen molar-refractivity contribution in [1.82, 2.24) is 0 Å². The van der Waals surface area contributed by atoms with Gasteiger partial charge < -0.3 is 14.2 Å². The molecule has 1 heterocycles. The van der Waals surface area contributed by atoms with E-state index in [9.17, 15) is 0 Å². The van der Waals surface area contributed by atoms with Crippen molar-refractivity contribution in [2.45, 2.75) is 58.0 Å². The van der Waals surface area contributed by atoms with Crippen LogP contribution in [0.3, 0.4) is 0 Å². The molecule has 2 aromatic carbocycles. The Morgan fingerprint density at radius 3 is 1.75 bits per heavy atom. The summed E-state index contributed by atoms with van der Waals surface area (Å²) in [5.74, 6) is 1.83. The average Bonchev–Trinajstić information content (AvgIpc) is 3.36. The topological polar surface area (TPSA) is 27.7 Å². The molecular formula is C28H36O3S. The Bertz CT molecular complexity index is 841. The van der Waals surface area contributed by atoms with Crippen LogP contribution in [0.1, 0.15) is 56.9 Å². The number of benzene rings is 2. The molecule has 0 aliphatic heterocycles.